The lowest BCUT2D eigenvalue weighted by molar-refractivity contribution is -0.145. The van der Waals surface area contributed by atoms with E-state index in [0.29, 0.717) is 18.4 Å². The average molecular weight is 219 g/mol. The van der Waals surface area contributed by atoms with Gasteiger partial charge in [0, 0.05) is 18.1 Å². The Morgan fingerprint density at radius 2 is 2.06 bits per heavy atom. The van der Waals surface area contributed by atoms with E-state index in [0.717, 1.165) is 10.5 Å². The summed E-state index contributed by atoms with van der Waals surface area (Å²) in [5.74, 6) is -0.787. The fourth-order valence-electron chi connectivity index (χ4n) is 2.13. The van der Waals surface area contributed by atoms with Crippen LogP contribution in [0.2, 0.25) is 0 Å². The fraction of sp³-hybridized carbons (Fsp3) is 0.417. The number of carbonyl (C=O) groups is 3. The number of imide groups is 1. The number of hydrogen-bond acceptors (Lipinski definition) is 3. The van der Waals surface area contributed by atoms with Gasteiger partial charge in [-0.25, -0.2) is 0 Å². The minimum atomic E-state index is -0.584. The molecular formula is C12H13NO3. The fourth-order valence-corrected chi connectivity index (χ4v) is 2.13. The molecule has 2 aliphatic rings. The van der Waals surface area contributed by atoms with E-state index in [9.17, 15) is 14.4 Å². The van der Waals surface area contributed by atoms with Crippen LogP contribution in [0.4, 0.5) is 0 Å². The molecule has 1 unspecified atom stereocenters. The molecule has 16 heavy (non-hydrogen) atoms. The van der Waals surface area contributed by atoms with Crippen LogP contribution in [0, 0.1) is 0 Å². The number of nitrogens with zero attached hydrogens (tertiary/aromatic N) is 1. The van der Waals surface area contributed by atoms with Crippen LogP contribution in [-0.2, 0) is 14.4 Å². The smallest absolute Gasteiger partial charge is 0.257 e. The zero-order chi connectivity index (χ0) is 11.9. The summed E-state index contributed by atoms with van der Waals surface area (Å²) in [5.41, 5.74) is 1.28. The van der Waals surface area contributed by atoms with Gasteiger partial charge in [0.1, 0.15) is 0 Å². The van der Waals surface area contributed by atoms with Crippen molar-refractivity contribution < 1.29 is 14.4 Å². The van der Waals surface area contributed by atoms with Gasteiger partial charge in [0.25, 0.3) is 11.8 Å². The van der Waals surface area contributed by atoms with Crippen molar-refractivity contribution in [2.45, 2.75) is 32.2 Å². The molecule has 1 atom stereocenters. The van der Waals surface area contributed by atoms with E-state index >= 15 is 0 Å². The van der Waals surface area contributed by atoms with E-state index in [1.54, 1.807) is 6.92 Å². The van der Waals surface area contributed by atoms with Crippen molar-refractivity contribution in [1.29, 1.82) is 0 Å². The summed E-state index contributed by atoms with van der Waals surface area (Å²) in [6, 6.07) is -0.584. The van der Waals surface area contributed by atoms with Gasteiger partial charge >= 0.3 is 0 Å². The van der Waals surface area contributed by atoms with Crippen molar-refractivity contribution in [3.63, 3.8) is 0 Å². The molecule has 2 rings (SSSR count). The lowest BCUT2D eigenvalue weighted by atomic mass is 9.89. The van der Waals surface area contributed by atoms with Crippen LogP contribution in [0.1, 0.15) is 26.2 Å². The largest absolute Gasteiger partial charge is 0.297 e. The SMILES string of the molecule is C=C1CCC(N2C(=O)C=C(C)C2=O)C(=O)C1. The summed E-state index contributed by atoms with van der Waals surface area (Å²) in [6.45, 7) is 5.35. The molecular weight excluding hydrogens is 206 g/mol. The molecule has 1 aliphatic heterocycles. The maximum absolute atomic E-state index is 11.8. The maximum atomic E-state index is 11.8. The Kier molecular flexibility index (Phi) is 2.50. The van der Waals surface area contributed by atoms with E-state index in [-0.39, 0.29) is 24.0 Å². The van der Waals surface area contributed by atoms with Crippen molar-refractivity contribution >= 4 is 17.6 Å². The Hall–Kier alpha value is -1.71. The molecule has 0 bridgehead atoms. The summed E-state index contributed by atoms with van der Waals surface area (Å²) in [5, 5.41) is 0. The molecule has 1 heterocycles. The van der Waals surface area contributed by atoms with Gasteiger partial charge in [-0.3, -0.25) is 19.3 Å². The molecule has 1 saturated carbocycles. The predicted molar refractivity (Wildman–Crippen MR) is 57.4 cm³/mol. The number of hydrogen-bond donors (Lipinski definition) is 0. The van der Waals surface area contributed by atoms with E-state index in [1.165, 1.54) is 6.08 Å². The molecule has 84 valence electrons. The van der Waals surface area contributed by atoms with Crippen molar-refractivity contribution in [1.82, 2.24) is 4.90 Å². The van der Waals surface area contributed by atoms with Gasteiger partial charge in [-0.15, -0.1) is 0 Å². The minimum Gasteiger partial charge on any atom is -0.297 e. The Morgan fingerprint density at radius 3 is 2.56 bits per heavy atom. The summed E-state index contributed by atoms with van der Waals surface area (Å²) >= 11 is 0. The number of allylic oxidation sites excluding steroid dienone is 1. The molecule has 0 aromatic rings. The van der Waals surface area contributed by atoms with Crippen molar-refractivity contribution in [3.8, 4) is 0 Å². The third-order valence-electron chi connectivity index (χ3n) is 3.01. The van der Waals surface area contributed by atoms with E-state index in [4.69, 9.17) is 0 Å². The van der Waals surface area contributed by atoms with Gasteiger partial charge < -0.3 is 0 Å². The highest BCUT2D eigenvalue weighted by atomic mass is 16.2. The predicted octanol–water partition coefficient (Wildman–Crippen LogP) is 0.979. The highest BCUT2D eigenvalue weighted by Gasteiger charge is 2.39. The first kappa shape index (κ1) is 10.8. The van der Waals surface area contributed by atoms with Gasteiger partial charge in [-0.2, -0.15) is 0 Å². The molecule has 1 fully saturated rings. The maximum Gasteiger partial charge on any atom is 0.257 e. The zero-order valence-corrected chi connectivity index (χ0v) is 9.16. The Bertz CT molecular complexity index is 434. The number of ketones is 1. The lowest BCUT2D eigenvalue weighted by Gasteiger charge is -2.29. The second-order valence-corrected chi connectivity index (χ2v) is 4.29. The van der Waals surface area contributed by atoms with Crippen molar-refractivity contribution in [2.24, 2.45) is 0 Å². The lowest BCUT2D eigenvalue weighted by Crippen LogP contribution is -2.46. The van der Waals surface area contributed by atoms with E-state index < -0.39 is 6.04 Å². The van der Waals surface area contributed by atoms with E-state index in [1.807, 2.05) is 0 Å². The minimum absolute atomic E-state index is 0.0824. The second kappa shape index (κ2) is 3.70. The molecule has 1 aliphatic carbocycles. The van der Waals surface area contributed by atoms with Crippen LogP contribution < -0.4 is 0 Å². The molecule has 4 heteroatoms. The molecule has 4 nitrogen and oxygen atoms in total. The van der Waals surface area contributed by atoms with Crippen LogP contribution in [0.5, 0.6) is 0 Å². The number of amides is 2. The van der Waals surface area contributed by atoms with Crippen LogP contribution in [0.15, 0.2) is 23.8 Å². The number of Topliss-reactive ketones (excluding diaryl/α,β-unsaturated/α-hetero) is 1. The van der Waals surface area contributed by atoms with Gasteiger partial charge in [0.15, 0.2) is 5.78 Å². The summed E-state index contributed by atoms with van der Waals surface area (Å²) in [7, 11) is 0. The Balaban J connectivity index is 2.21. The van der Waals surface area contributed by atoms with Crippen LogP contribution in [0.25, 0.3) is 0 Å². The third kappa shape index (κ3) is 1.60. The molecule has 0 aromatic carbocycles. The average Bonchev–Trinajstić information content (AvgIpc) is 2.43. The first-order valence-electron chi connectivity index (χ1n) is 5.26. The number of carbonyl (C=O) groups excluding carboxylic acids is 3. The Labute approximate surface area is 93.6 Å². The first-order valence-corrected chi connectivity index (χ1v) is 5.26. The highest BCUT2D eigenvalue weighted by Crippen LogP contribution is 2.26. The van der Waals surface area contributed by atoms with Gasteiger partial charge in [0.2, 0.25) is 0 Å². The highest BCUT2D eigenvalue weighted by molar-refractivity contribution is 6.18. The molecule has 0 radical (unpaired) electrons. The molecule has 0 N–H and O–H groups in total. The van der Waals surface area contributed by atoms with Crippen LogP contribution >= 0.6 is 0 Å². The monoisotopic (exact) mass is 219 g/mol. The molecule has 0 spiro atoms. The van der Waals surface area contributed by atoms with Gasteiger partial charge in [0.05, 0.1) is 6.04 Å². The number of rotatable bonds is 1. The molecule has 0 aromatic heterocycles. The standard InChI is InChI=1S/C12H13NO3/c1-7-3-4-9(10(14)5-7)13-11(15)6-8(2)12(13)16/h6,9H,1,3-5H2,2H3. The summed E-state index contributed by atoms with van der Waals surface area (Å²) in [6.07, 6.45) is 2.78. The summed E-state index contributed by atoms with van der Waals surface area (Å²) < 4.78 is 0. The van der Waals surface area contributed by atoms with Crippen LogP contribution in [-0.4, -0.2) is 28.5 Å². The van der Waals surface area contributed by atoms with Gasteiger partial charge in [-0.05, 0) is 19.8 Å². The third-order valence-corrected chi connectivity index (χ3v) is 3.01. The topological polar surface area (TPSA) is 54.5 Å². The van der Waals surface area contributed by atoms with E-state index in [2.05, 4.69) is 6.58 Å². The molecule has 2 amide bonds. The quantitative estimate of drug-likeness (QED) is 0.488. The normalized spacial score (nSPS) is 26.4. The van der Waals surface area contributed by atoms with Gasteiger partial charge in [-0.1, -0.05) is 12.2 Å². The zero-order valence-electron chi connectivity index (χ0n) is 9.16. The molecule has 0 saturated heterocycles. The second-order valence-electron chi connectivity index (χ2n) is 4.29. The van der Waals surface area contributed by atoms with Crippen LogP contribution in [0.3, 0.4) is 0 Å². The van der Waals surface area contributed by atoms with Crippen molar-refractivity contribution in [3.05, 3.63) is 23.8 Å². The summed E-state index contributed by atoms with van der Waals surface area (Å²) in [4.78, 5) is 36.1. The van der Waals surface area contributed by atoms with Crippen molar-refractivity contribution in [2.75, 3.05) is 0 Å². The first-order chi connectivity index (χ1) is 7.50. The Morgan fingerprint density at radius 1 is 1.38 bits per heavy atom.